The van der Waals surface area contributed by atoms with E-state index < -0.39 is 6.10 Å². The number of carbonyl (C=O) groups is 1. The summed E-state index contributed by atoms with van der Waals surface area (Å²) in [7, 11) is 1.34. The molecule has 1 aliphatic carbocycles. The summed E-state index contributed by atoms with van der Waals surface area (Å²) in [4.78, 5) is 10.8. The molecule has 0 heterocycles. The van der Waals surface area contributed by atoms with Crippen LogP contribution in [0.15, 0.2) is 11.6 Å². The zero-order valence-electron chi connectivity index (χ0n) is 5.83. The minimum atomic E-state index is -0.450. The second-order valence-corrected chi connectivity index (χ2v) is 2.29. The zero-order chi connectivity index (χ0) is 7.56. The number of carbonyl (C=O) groups excluding carboxylic acids is 1. The quantitative estimate of drug-likeness (QED) is 0.533. The molecule has 0 bridgehead atoms. The van der Waals surface area contributed by atoms with Crippen molar-refractivity contribution in [1.82, 2.24) is 0 Å². The van der Waals surface area contributed by atoms with Gasteiger partial charge in [-0.05, 0) is 18.9 Å². The molecule has 1 rings (SSSR count). The predicted molar refractivity (Wildman–Crippen MR) is 35.3 cm³/mol. The van der Waals surface area contributed by atoms with E-state index in [1.807, 2.05) is 0 Å². The number of hydrogen-bond donors (Lipinski definition) is 1. The molecule has 1 N–H and O–H groups in total. The highest BCUT2D eigenvalue weighted by molar-refractivity contribution is 5.88. The molecule has 1 aliphatic rings. The Morgan fingerprint density at radius 2 is 2.60 bits per heavy atom. The Kier molecular flexibility index (Phi) is 2.06. The van der Waals surface area contributed by atoms with Crippen LogP contribution in [0, 0.1) is 0 Å². The van der Waals surface area contributed by atoms with E-state index in [1.165, 1.54) is 7.11 Å². The number of ether oxygens (including phenoxy) is 1. The summed E-state index contributed by atoms with van der Waals surface area (Å²) < 4.78 is 4.46. The topological polar surface area (TPSA) is 46.5 Å². The maximum atomic E-state index is 10.8. The number of rotatable bonds is 1. The van der Waals surface area contributed by atoms with Crippen LogP contribution in [0.3, 0.4) is 0 Å². The van der Waals surface area contributed by atoms with Gasteiger partial charge in [0.15, 0.2) is 0 Å². The Morgan fingerprint density at radius 1 is 1.90 bits per heavy atom. The molecule has 0 aromatic rings. The van der Waals surface area contributed by atoms with E-state index in [0.29, 0.717) is 18.4 Å². The van der Waals surface area contributed by atoms with Crippen LogP contribution in [-0.2, 0) is 9.53 Å². The molecule has 0 aromatic heterocycles. The summed E-state index contributed by atoms with van der Waals surface area (Å²) in [6.07, 6.45) is 2.37. The van der Waals surface area contributed by atoms with Crippen LogP contribution in [0.1, 0.15) is 12.8 Å². The molecule has 0 unspecified atom stereocenters. The summed E-state index contributed by atoms with van der Waals surface area (Å²) in [5, 5.41) is 8.96. The number of aliphatic hydroxyl groups excluding tert-OH is 1. The van der Waals surface area contributed by atoms with Crippen molar-refractivity contribution in [3.63, 3.8) is 0 Å². The summed E-state index contributed by atoms with van der Waals surface area (Å²) in [6.45, 7) is 0. The van der Waals surface area contributed by atoms with Gasteiger partial charge in [0.05, 0.1) is 13.2 Å². The molecule has 1 atom stereocenters. The standard InChI is InChI=1S/C7H10O3/c1-10-7(9)5-2-3-6(8)4-5/h4,6,8H,2-3H2,1H3/t6-/m1/s1. The minimum Gasteiger partial charge on any atom is -0.466 e. The summed E-state index contributed by atoms with van der Waals surface area (Å²) in [5.41, 5.74) is 0.593. The smallest absolute Gasteiger partial charge is 0.333 e. The molecular formula is C7H10O3. The van der Waals surface area contributed by atoms with Crippen molar-refractivity contribution >= 4 is 5.97 Å². The molecule has 56 valence electrons. The average Bonchev–Trinajstić information content (AvgIpc) is 2.34. The first-order valence-corrected chi connectivity index (χ1v) is 3.21. The van der Waals surface area contributed by atoms with Crippen molar-refractivity contribution in [2.75, 3.05) is 7.11 Å². The van der Waals surface area contributed by atoms with Gasteiger partial charge < -0.3 is 9.84 Å². The number of esters is 1. The van der Waals surface area contributed by atoms with Crippen LogP contribution in [0.25, 0.3) is 0 Å². The molecule has 0 fully saturated rings. The van der Waals surface area contributed by atoms with Crippen molar-refractivity contribution < 1.29 is 14.6 Å². The van der Waals surface area contributed by atoms with Crippen LogP contribution < -0.4 is 0 Å². The first-order chi connectivity index (χ1) is 4.74. The van der Waals surface area contributed by atoms with Gasteiger partial charge in [-0.3, -0.25) is 0 Å². The largest absolute Gasteiger partial charge is 0.466 e. The van der Waals surface area contributed by atoms with Gasteiger partial charge in [-0.25, -0.2) is 4.79 Å². The minimum absolute atomic E-state index is 0.323. The zero-order valence-corrected chi connectivity index (χ0v) is 5.83. The van der Waals surface area contributed by atoms with E-state index >= 15 is 0 Å². The molecule has 0 spiro atoms. The Morgan fingerprint density at radius 3 is 3.00 bits per heavy atom. The van der Waals surface area contributed by atoms with Crippen LogP contribution >= 0.6 is 0 Å². The molecule has 0 aromatic carbocycles. The van der Waals surface area contributed by atoms with Gasteiger partial charge in [0, 0.05) is 5.57 Å². The second kappa shape index (κ2) is 2.84. The molecule has 0 aliphatic heterocycles. The first kappa shape index (κ1) is 7.28. The summed E-state index contributed by atoms with van der Waals surface area (Å²) >= 11 is 0. The van der Waals surface area contributed by atoms with E-state index in [-0.39, 0.29) is 5.97 Å². The highest BCUT2D eigenvalue weighted by atomic mass is 16.5. The molecular weight excluding hydrogens is 132 g/mol. The molecule has 0 radical (unpaired) electrons. The van der Waals surface area contributed by atoms with Crippen molar-refractivity contribution in [1.29, 1.82) is 0 Å². The number of hydrogen-bond acceptors (Lipinski definition) is 3. The highest BCUT2D eigenvalue weighted by Crippen LogP contribution is 2.18. The summed E-state index contributed by atoms with van der Waals surface area (Å²) in [5.74, 6) is -0.323. The third-order valence-electron chi connectivity index (χ3n) is 1.55. The average molecular weight is 142 g/mol. The van der Waals surface area contributed by atoms with Gasteiger partial charge in [0.1, 0.15) is 0 Å². The maximum absolute atomic E-state index is 10.8. The normalized spacial score (nSPS) is 24.2. The molecule has 3 heteroatoms. The Balaban J connectivity index is 2.57. The van der Waals surface area contributed by atoms with Gasteiger partial charge in [-0.15, -0.1) is 0 Å². The fourth-order valence-corrected chi connectivity index (χ4v) is 1.00. The van der Waals surface area contributed by atoms with Crippen LogP contribution in [0.5, 0.6) is 0 Å². The van der Waals surface area contributed by atoms with E-state index in [9.17, 15) is 4.79 Å². The van der Waals surface area contributed by atoms with Crippen molar-refractivity contribution in [2.24, 2.45) is 0 Å². The lowest BCUT2D eigenvalue weighted by molar-refractivity contribution is -0.136. The van der Waals surface area contributed by atoms with Gasteiger partial charge in [-0.1, -0.05) is 0 Å². The highest BCUT2D eigenvalue weighted by Gasteiger charge is 2.18. The molecule has 0 saturated carbocycles. The van der Waals surface area contributed by atoms with E-state index in [0.717, 1.165) is 0 Å². The van der Waals surface area contributed by atoms with Crippen molar-refractivity contribution in [2.45, 2.75) is 18.9 Å². The third kappa shape index (κ3) is 1.36. The van der Waals surface area contributed by atoms with Crippen molar-refractivity contribution in [3.8, 4) is 0 Å². The van der Waals surface area contributed by atoms with Gasteiger partial charge in [-0.2, -0.15) is 0 Å². The fourth-order valence-electron chi connectivity index (χ4n) is 1.00. The lowest BCUT2D eigenvalue weighted by Crippen LogP contribution is -2.01. The molecule has 10 heavy (non-hydrogen) atoms. The lowest BCUT2D eigenvalue weighted by Gasteiger charge is -1.95. The van der Waals surface area contributed by atoms with Gasteiger partial charge >= 0.3 is 5.97 Å². The van der Waals surface area contributed by atoms with Gasteiger partial charge in [0.2, 0.25) is 0 Å². The first-order valence-electron chi connectivity index (χ1n) is 3.21. The SMILES string of the molecule is COC(=O)C1=C[C@H](O)CC1. The fraction of sp³-hybridized carbons (Fsp3) is 0.571. The maximum Gasteiger partial charge on any atom is 0.333 e. The van der Waals surface area contributed by atoms with Gasteiger partial charge in [0.25, 0.3) is 0 Å². The molecule has 0 saturated heterocycles. The number of aliphatic hydroxyl groups is 1. The Hall–Kier alpha value is -0.830. The van der Waals surface area contributed by atoms with Crippen molar-refractivity contribution in [3.05, 3.63) is 11.6 Å². The summed E-state index contributed by atoms with van der Waals surface area (Å²) in [6, 6.07) is 0. The molecule has 3 nitrogen and oxygen atoms in total. The number of methoxy groups -OCH3 is 1. The van der Waals surface area contributed by atoms with Crippen LogP contribution in [0.4, 0.5) is 0 Å². The van der Waals surface area contributed by atoms with Crippen LogP contribution in [-0.4, -0.2) is 24.3 Å². The van der Waals surface area contributed by atoms with E-state index in [2.05, 4.69) is 4.74 Å². The van der Waals surface area contributed by atoms with Crippen LogP contribution in [0.2, 0.25) is 0 Å². The second-order valence-electron chi connectivity index (χ2n) is 2.29. The van der Waals surface area contributed by atoms with E-state index in [4.69, 9.17) is 5.11 Å². The molecule has 0 amide bonds. The lowest BCUT2D eigenvalue weighted by atomic mass is 10.2. The Bertz CT molecular complexity index is 172. The van der Waals surface area contributed by atoms with E-state index in [1.54, 1.807) is 6.08 Å². The Labute approximate surface area is 59.3 Å². The predicted octanol–water partition coefficient (Wildman–Crippen LogP) is 0.240. The monoisotopic (exact) mass is 142 g/mol. The third-order valence-corrected chi connectivity index (χ3v) is 1.55.